The van der Waals surface area contributed by atoms with E-state index in [-0.39, 0.29) is 11.0 Å². The molecule has 1 fully saturated rings. The minimum absolute atomic E-state index is 0.116. The van der Waals surface area contributed by atoms with Gasteiger partial charge < -0.3 is 10.5 Å². The van der Waals surface area contributed by atoms with Gasteiger partial charge in [0.25, 0.3) is 0 Å². The van der Waals surface area contributed by atoms with Crippen LogP contribution < -0.4 is 5.73 Å². The third-order valence-corrected chi connectivity index (χ3v) is 4.31. The van der Waals surface area contributed by atoms with Gasteiger partial charge in [-0.3, -0.25) is 0 Å². The van der Waals surface area contributed by atoms with Gasteiger partial charge in [-0.15, -0.1) is 11.3 Å². The fourth-order valence-corrected chi connectivity index (χ4v) is 2.85. The van der Waals surface area contributed by atoms with Crippen molar-refractivity contribution in [1.29, 1.82) is 0 Å². The Balaban J connectivity index is 2.24. The molecule has 4 heteroatoms. The third-order valence-electron chi connectivity index (χ3n) is 3.04. The van der Waals surface area contributed by atoms with Crippen LogP contribution in [-0.2, 0) is 15.7 Å². The number of rotatable bonds is 1. The van der Waals surface area contributed by atoms with Gasteiger partial charge in [0.05, 0.1) is 16.2 Å². The van der Waals surface area contributed by atoms with E-state index in [2.05, 4.69) is 26.2 Å². The summed E-state index contributed by atoms with van der Waals surface area (Å²) in [5, 5.41) is 3.28. The summed E-state index contributed by atoms with van der Waals surface area (Å²) in [5.41, 5.74) is 7.30. The molecular weight excluding hydrogens is 220 g/mol. The summed E-state index contributed by atoms with van der Waals surface area (Å²) in [7, 11) is 0. The third kappa shape index (κ3) is 2.29. The van der Waals surface area contributed by atoms with Crippen molar-refractivity contribution in [1.82, 2.24) is 4.98 Å². The van der Waals surface area contributed by atoms with E-state index in [1.807, 2.05) is 0 Å². The zero-order chi connectivity index (χ0) is 11.8. The first-order valence-corrected chi connectivity index (χ1v) is 6.63. The second-order valence-corrected chi connectivity index (χ2v) is 6.41. The van der Waals surface area contributed by atoms with Crippen LogP contribution in [0.25, 0.3) is 0 Å². The summed E-state index contributed by atoms with van der Waals surface area (Å²) in [4.78, 5) is 4.71. The average molecular weight is 240 g/mol. The second kappa shape index (κ2) is 4.09. The Bertz CT molecular complexity index is 361. The monoisotopic (exact) mass is 240 g/mol. The maximum absolute atomic E-state index is 6.40. The summed E-state index contributed by atoms with van der Waals surface area (Å²) in [6.07, 6.45) is 1.75. The van der Waals surface area contributed by atoms with E-state index >= 15 is 0 Å². The lowest BCUT2D eigenvalue weighted by Crippen LogP contribution is -2.42. The molecule has 16 heavy (non-hydrogen) atoms. The standard InChI is InChI=1S/C12H20N2OS/c1-11(2,3)10-14-9(8-16-10)12(13)4-6-15-7-5-12/h8H,4-7,13H2,1-3H3. The van der Waals surface area contributed by atoms with Crippen molar-refractivity contribution < 1.29 is 4.74 Å². The van der Waals surface area contributed by atoms with Crippen LogP contribution in [0.4, 0.5) is 0 Å². The van der Waals surface area contributed by atoms with Crippen LogP contribution in [0.15, 0.2) is 5.38 Å². The lowest BCUT2D eigenvalue weighted by molar-refractivity contribution is 0.0509. The van der Waals surface area contributed by atoms with Gasteiger partial charge in [0.2, 0.25) is 0 Å². The van der Waals surface area contributed by atoms with E-state index in [4.69, 9.17) is 15.5 Å². The van der Waals surface area contributed by atoms with E-state index in [0.29, 0.717) is 0 Å². The van der Waals surface area contributed by atoms with Crippen LogP contribution in [-0.4, -0.2) is 18.2 Å². The van der Waals surface area contributed by atoms with Crippen molar-refractivity contribution in [3.63, 3.8) is 0 Å². The Hall–Kier alpha value is -0.450. The molecule has 0 aromatic carbocycles. The smallest absolute Gasteiger partial charge is 0.0982 e. The summed E-state index contributed by atoms with van der Waals surface area (Å²) < 4.78 is 5.36. The van der Waals surface area contributed by atoms with Crippen molar-refractivity contribution in [3.8, 4) is 0 Å². The Labute approximate surface area is 101 Å². The highest BCUT2D eigenvalue weighted by atomic mass is 32.1. The highest BCUT2D eigenvalue weighted by Crippen LogP contribution is 2.33. The molecule has 0 saturated carbocycles. The van der Waals surface area contributed by atoms with E-state index < -0.39 is 0 Å². The van der Waals surface area contributed by atoms with Crippen LogP contribution in [0.2, 0.25) is 0 Å². The number of aromatic nitrogens is 1. The molecule has 1 aromatic rings. The molecule has 0 amide bonds. The van der Waals surface area contributed by atoms with E-state index in [9.17, 15) is 0 Å². The highest BCUT2D eigenvalue weighted by molar-refractivity contribution is 7.09. The molecule has 3 nitrogen and oxygen atoms in total. The molecule has 0 radical (unpaired) electrons. The number of ether oxygens (including phenoxy) is 1. The lowest BCUT2D eigenvalue weighted by atomic mass is 9.88. The molecule has 0 aliphatic carbocycles. The van der Waals surface area contributed by atoms with Crippen molar-refractivity contribution in [2.24, 2.45) is 5.73 Å². The molecule has 1 aliphatic rings. The van der Waals surface area contributed by atoms with Gasteiger partial charge >= 0.3 is 0 Å². The van der Waals surface area contributed by atoms with E-state index in [0.717, 1.165) is 31.7 Å². The zero-order valence-electron chi connectivity index (χ0n) is 10.2. The SMILES string of the molecule is CC(C)(C)c1nc(C2(N)CCOCC2)cs1. The fourth-order valence-electron chi connectivity index (χ4n) is 1.84. The fraction of sp³-hybridized carbons (Fsp3) is 0.750. The van der Waals surface area contributed by atoms with Gasteiger partial charge in [0.15, 0.2) is 0 Å². The Morgan fingerprint density at radius 1 is 1.38 bits per heavy atom. The molecule has 1 aromatic heterocycles. The predicted octanol–water partition coefficient (Wildman–Crippen LogP) is 2.41. The minimum atomic E-state index is -0.266. The van der Waals surface area contributed by atoms with Gasteiger partial charge in [0, 0.05) is 24.0 Å². The topological polar surface area (TPSA) is 48.1 Å². The second-order valence-electron chi connectivity index (χ2n) is 5.56. The summed E-state index contributed by atoms with van der Waals surface area (Å²) in [6.45, 7) is 8.05. The maximum atomic E-state index is 6.40. The molecule has 2 heterocycles. The largest absolute Gasteiger partial charge is 0.381 e. The number of thiazole rings is 1. The maximum Gasteiger partial charge on any atom is 0.0982 e. The molecule has 0 bridgehead atoms. The molecule has 1 saturated heterocycles. The first-order chi connectivity index (χ1) is 7.42. The van der Waals surface area contributed by atoms with Crippen molar-refractivity contribution in [2.75, 3.05) is 13.2 Å². The molecular formula is C12H20N2OS. The Morgan fingerprint density at radius 2 is 2.00 bits per heavy atom. The normalized spacial score (nSPS) is 21.0. The predicted molar refractivity (Wildman–Crippen MR) is 66.7 cm³/mol. The van der Waals surface area contributed by atoms with Gasteiger partial charge in [-0.05, 0) is 12.8 Å². The van der Waals surface area contributed by atoms with Crippen molar-refractivity contribution >= 4 is 11.3 Å². The Morgan fingerprint density at radius 3 is 2.50 bits per heavy atom. The molecule has 2 rings (SSSR count). The van der Waals surface area contributed by atoms with Crippen LogP contribution in [0.3, 0.4) is 0 Å². The molecule has 0 spiro atoms. The van der Waals surface area contributed by atoms with E-state index in [1.165, 1.54) is 5.01 Å². The first-order valence-electron chi connectivity index (χ1n) is 5.75. The Kier molecular flexibility index (Phi) is 3.07. The quantitative estimate of drug-likeness (QED) is 0.820. The number of nitrogens with zero attached hydrogens (tertiary/aromatic N) is 1. The molecule has 0 atom stereocenters. The molecule has 90 valence electrons. The lowest BCUT2D eigenvalue weighted by Gasteiger charge is -2.31. The number of hydrogen-bond donors (Lipinski definition) is 1. The van der Waals surface area contributed by atoms with Crippen LogP contribution in [0.1, 0.15) is 44.3 Å². The average Bonchev–Trinajstić information content (AvgIpc) is 2.67. The highest BCUT2D eigenvalue weighted by Gasteiger charge is 2.33. The molecule has 2 N–H and O–H groups in total. The van der Waals surface area contributed by atoms with Gasteiger partial charge in [-0.2, -0.15) is 0 Å². The molecule has 0 unspecified atom stereocenters. The van der Waals surface area contributed by atoms with Crippen molar-refractivity contribution in [2.45, 2.75) is 44.6 Å². The molecule has 1 aliphatic heterocycles. The van der Waals surface area contributed by atoms with Crippen LogP contribution >= 0.6 is 11.3 Å². The summed E-state index contributed by atoms with van der Waals surface area (Å²) in [5.74, 6) is 0. The summed E-state index contributed by atoms with van der Waals surface area (Å²) >= 11 is 1.72. The van der Waals surface area contributed by atoms with Crippen molar-refractivity contribution in [3.05, 3.63) is 16.1 Å². The van der Waals surface area contributed by atoms with Gasteiger partial charge in [0.1, 0.15) is 0 Å². The number of hydrogen-bond acceptors (Lipinski definition) is 4. The number of nitrogens with two attached hydrogens (primary N) is 1. The van der Waals surface area contributed by atoms with Crippen LogP contribution in [0, 0.1) is 0 Å². The van der Waals surface area contributed by atoms with Gasteiger partial charge in [-0.1, -0.05) is 20.8 Å². The minimum Gasteiger partial charge on any atom is -0.381 e. The van der Waals surface area contributed by atoms with Crippen LogP contribution in [0.5, 0.6) is 0 Å². The zero-order valence-corrected chi connectivity index (χ0v) is 11.1. The summed E-state index contributed by atoms with van der Waals surface area (Å²) in [6, 6.07) is 0. The first kappa shape index (κ1) is 12.0. The van der Waals surface area contributed by atoms with E-state index in [1.54, 1.807) is 11.3 Å². The van der Waals surface area contributed by atoms with Gasteiger partial charge in [-0.25, -0.2) is 4.98 Å².